The largest absolute Gasteiger partial charge is 0.481 e. The van der Waals surface area contributed by atoms with Crippen LogP contribution in [0.3, 0.4) is 0 Å². The minimum Gasteiger partial charge on any atom is -0.481 e. The number of carbonyl (C=O) groups is 1. The summed E-state index contributed by atoms with van der Waals surface area (Å²) in [6.45, 7) is 1.95. The second-order valence-electron chi connectivity index (χ2n) is 9.27. The van der Waals surface area contributed by atoms with Crippen molar-refractivity contribution in [2.45, 2.75) is 38.6 Å². The third-order valence-electron chi connectivity index (χ3n) is 7.22. The Kier molecular flexibility index (Phi) is 5.45. The first-order valence-electron chi connectivity index (χ1n) is 11.5. The van der Waals surface area contributed by atoms with Crippen LogP contribution in [0.4, 0.5) is 10.2 Å². The Morgan fingerprint density at radius 3 is 2.69 bits per heavy atom. The standard InChI is InChI=1S/C24H22ClFN6O2S/c1-10-2-7-14(35-10)20-17(26)22(30-18-12-5-3-11(4-6-12)16(18)24(33)34)32-21(31-20)13-8-27-23-19(13)29-15(25)9-28-23/h2,7-9,11-12,16,18H,3-6H2,1H3,(H,27,28)(H,33,34)(H,30,31,32). The van der Waals surface area contributed by atoms with E-state index in [-0.39, 0.29) is 34.3 Å². The van der Waals surface area contributed by atoms with Crippen LogP contribution in [0.15, 0.2) is 24.5 Å². The van der Waals surface area contributed by atoms with Crippen molar-refractivity contribution >= 4 is 45.9 Å². The number of thiophene rings is 1. The molecule has 3 aliphatic carbocycles. The summed E-state index contributed by atoms with van der Waals surface area (Å²) in [4.78, 5) is 34.6. The fraction of sp³-hybridized carbons (Fsp3) is 0.375. The molecule has 4 aromatic rings. The number of aromatic nitrogens is 5. The summed E-state index contributed by atoms with van der Waals surface area (Å²) in [6, 6.07) is 3.34. The minimum absolute atomic E-state index is 0.00388. The average molecular weight is 513 g/mol. The number of aromatic amines is 1. The molecule has 2 unspecified atom stereocenters. The molecule has 35 heavy (non-hydrogen) atoms. The van der Waals surface area contributed by atoms with Crippen LogP contribution in [0.5, 0.6) is 0 Å². The van der Waals surface area contributed by atoms with Crippen LogP contribution >= 0.6 is 22.9 Å². The van der Waals surface area contributed by atoms with Gasteiger partial charge in [0.1, 0.15) is 16.4 Å². The Balaban J connectivity index is 1.50. The number of hydrogen-bond donors (Lipinski definition) is 3. The van der Waals surface area contributed by atoms with E-state index < -0.39 is 23.7 Å². The molecule has 0 aromatic carbocycles. The number of nitrogens with zero attached hydrogens (tertiary/aromatic N) is 4. The van der Waals surface area contributed by atoms with E-state index in [4.69, 9.17) is 11.6 Å². The van der Waals surface area contributed by atoms with Gasteiger partial charge in [0.15, 0.2) is 23.1 Å². The highest BCUT2D eigenvalue weighted by molar-refractivity contribution is 7.15. The summed E-state index contributed by atoms with van der Waals surface area (Å²) < 4.78 is 15.9. The molecule has 7 rings (SSSR count). The Morgan fingerprint density at radius 2 is 1.97 bits per heavy atom. The number of aryl methyl sites for hydroxylation is 1. The molecule has 11 heteroatoms. The van der Waals surface area contributed by atoms with Crippen molar-refractivity contribution in [1.82, 2.24) is 24.9 Å². The van der Waals surface area contributed by atoms with Gasteiger partial charge in [-0.2, -0.15) is 0 Å². The van der Waals surface area contributed by atoms with E-state index in [9.17, 15) is 9.90 Å². The van der Waals surface area contributed by atoms with E-state index in [2.05, 4.69) is 30.2 Å². The number of anilines is 1. The minimum atomic E-state index is -0.845. The summed E-state index contributed by atoms with van der Waals surface area (Å²) in [5.41, 5.74) is 1.68. The van der Waals surface area contributed by atoms with Crippen molar-refractivity contribution in [2.75, 3.05) is 5.32 Å². The Hall–Kier alpha value is -3.11. The predicted molar refractivity (Wildman–Crippen MR) is 132 cm³/mol. The van der Waals surface area contributed by atoms with Gasteiger partial charge in [0, 0.05) is 17.1 Å². The highest BCUT2D eigenvalue weighted by Crippen LogP contribution is 2.47. The SMILES string of the molecule is Cc1ccc(-c2nc(-c3c[nH]c4ncc(Cl)nc34)nc(NC3C4CCC(CC4)C3C(=O)O)c2F)s1. The van der Waals surface area contributed by atoms with Gasteiger partial charge in [-0.3, -0.25) is 4.79 Å². The van der Waals surface area contributed by atoms with E-state index in [1.54, 1.807) is 6.20 Å². The lowest BCUT2D eigenvalue weighted by molar-refractivity contribution is -0.148. The molecule has 3 aliphatic rings. The lowest BCUT2D eigenvalue weighted by atomic mass is 9.61. The van der Waals surface area contributed by atoms with Gasteiger partial charge in [-0.15, -0.1) is 11.3 Å². The lowest BCUT2D eigenvalue weighted by Crippen LogP contribution is -2.51. The molecule has 3 N–H and O–H groups in total. The first-order chi connectivity index (χ1) is 16.9. The number of halogens is 2. The molecular weight excluding hydrogens is 491 g/mol. The number of fused-ring (bicyclic) bond motifs is 4. The number of carboxylic acid groups (broad SMARTS) is 1. The zero-order valence-electron chi connectivity index (χ0n) is 18.8. The van der Waals surface area contributed by atoms with E-state index in [0.29, 0.717) is 21.6 Å². The van der Waals surface area contributed by atoms with Crippen LogP contribution in [-0.2, 0) is 4.79 Å². The predicted octanol–water partition coefficient (Wildman–Crippen LogP) is 5.55. The fourth-order valence-corrected chi connectivity index (χ4v) is 6.58. The third kappa shape index (κ3) is 3.84. The van der Waals surface area contributed by atoms with Crippen molar-refractivity contribution in [3.05, 3.63) is 40.4 Å². The molecule has 3 fully saturated rings. The molecule has 0 saturated heterocycles. The van der Waals surface area contributed by atoms with E-state index >= 15 is 4.39 Å². The molecule has 8 nitrogen and oxygen atoms in total. The molecule has 2 bridgehead atoms. The van der Waals surface area contributed by atoms with Crippen molar-refractivity contribution in [1.29, 1.82) is 0 Å². The van der Waals surface area contributed by atoms with Gasteiger partial charge in [0.05, 0.1) is 22.6 Å². The van der Waals surface area contributed by atoms with Crippen molar-refractivity contribution in [3.63, 3.8) is 0 Å². The lowest BCUT2D eigenvalue weighted by Gasteiger charge is -2.47. The number of carboxylic acids is 1. The molecule has 2 atom stereocenters. The van der Waals surface area contributed by atoms with Gasteiger partial charge in [0.2, 0.25) is 0 Å². The molecule has 4 heterocycles. The summed E-state index contributed by atoms with van der Waals surface area (Å²) in [5, 5.41) is 13.4. The molecule has 0 aliphatic heterocycles. The first kappa shape index (κ1) is 22.4. The number of rotatable bonds is 5. The third-order valence-corrected chi connectivity index (χ3v) is 8.41. The average Bonchev–Trinajstić information content (AvgIpc) is 3.46. The topological polar surface area (TPSA) is 117 Å². The monoisotopic (exact) mass is 512 g/mol. The summed E-state index contributed by atoms with van der Waals surface area (Å²) >= 11 is 7.51. The van der Waals surface area contributed by atoms with Crippen molar-refractivity contribution < 1.29 is 14.3 Å². The van der Waals surface area contributed by atoms with Gasteiger partial charge in [-0.1, -0.05) is 11.6 Å². The molecule has 0 radical (unpaired) electrons. The molecule has 0 spiro atoms. The van der Waals surface area contributed by atoms with Gasteiger partial charge >= 0.3 is 5.97 Å². The van der Waals surface area contributed by atoms with Crippen LogP contribution < -0.4 is 5.32 Å². The van der Waals surface area contributed by atoms with E-state index in [1.807, 2.05) is 19.1 Å². The number of nitrogens with one attached hydrogen (secondary N) is 2. The zero-order valence-corrected chi connectivity index (χ0v) is 20.3. The van der Waals surface area contributed by atoms with Gasteiger partial charge in [-0.25, -0.2) is 24.3 Å². The summed E-state index contributed by atoms with van der Waals surface area (Å²) in [7, 11) is 0. The quantitative estimate of drug-likeness (QED) is 0.321. The molecule has 4 aromatic heterocycles. The number of aliphatic carboxylic acids is 1. The maximum Gasteiger partial charge on any atom is 0.308 e. The van der Waals surface area contributed by atoms with E-state index in [1.165, 1.54) is 17.5 Å². The molecule has 180 valence electrons. The molecule has 0 amide bonds. The van der Waals surface area contributed by atoms with Gasteiger partial charge in [0.25, 0.3) is 0 Å². The second-order valence-corrected chi connectivity index (χ2v) is 10.9. The Labute approximate surface area is 209 Å². The first-order valence-corrected chi connectivity index (χ1v) is 12.7. The van der Waals surface area contributed by atoms with Crippen LogP contribution in [0.25, 0.3) is 33.1 Å². The normalized spacial score (nSPS) is 23.6. The highest BCUT2D eigenvalue weighted by Gasteiger charge is 2.47. The maximum absolute atomic E-state index is 15.9. The maximum atomic E-state index is 15.9. The molecular formula is C24H22ClFN6O2S. The fourth-order valence-electron chi connectivity index (χ4n) is 5.60. The summed E-state index contributed by atoms with van der Waals surface area (Å²) in [6.07, 6.45) is 6.76. The van der Waals surface area contributed by atoms with Gasteiger partial charge in [-0.05, 0) is 56.6 Å². The van der Waals surface area contributed by atoms with Crippen LogP contribution in [-0.4, -0.2) is 42.0 Å². The van der Waals surface area contributed by atoms with Crippen molar-refractivity contribution in [3.8, 4) is 22.0 Å². The second kappa shape index (κ2) is 8.53. The number of hydrogen-bond acceptors (Lipinski definition) is 7. The van der Waals surface area contributed by atoms with Crippen LogP contribution in [0.2, 0.25) is 5.15 Å². The smallest absolute Gasteiger partial charge is 0.308 e. The number of H-pyrrole nitrogens is 1. The molecule has 3 saturated carbocycles. The van der Waals surface area contributed by atoms with Crippen LogP contribution in [0.1, 0.15) is 30.6 Å². The van der Waals surface area contributed by atoms with E-state index in [0.717, 1.165) is 30.6 Å². The Bertz CT molecular complexity index is 1450. The summed E-state index contributed by atoms with van der Waals surface area (Å²) in [5.74, 6) is -1.51. The van der Waals surface area contributed by atoms with Gasteiger partial charge < -0.3 is 15.4 Å². The Morgan fingerprint density at radius 1 is 1.20 bits per heavy atom. The highest BCUT2D eigenvalue weighted by atomic mass is 35.5. The van der Waals surface area contributed by atoms with Crippen LogP contribution in [0, 0.1) is 30.5 Å². The van der Waals surface area contributed by atoms with Crippen molar-refractivity contribution in [2.24, 2.45) is 17.8 Å². The zero-order chi connectivity index (χ0) is 24.3.